The van der Waals surface area contributed by atoms with E-state index in [1.54, 1.807) is 39.2 Å². The van der Waals surface area contributed by atoms with Gasteiger partial charge in [-0.1, -0.05) is 6.07 Å². The van der Waals surface area contributed by atoms with E-state index in [0.717, 1.165) is 22.8 Å². The molecule has 24 heavy (non-hydrogen) atoms. The number of aromatic nitrogens is 4. The van der Waals surface area contributed by atoms with E-state index in [2.05, 4.69) is 10.2 Å². The highest BCUT2D eigenvalue weighted by Gasteiger charge is 2.15. The number of carboxylic acids is 1. The fourth-order valence-corrected chi connectivity index (χ4v) is 3.03. The summed E-state index contributed by atoms with van der Waals surface area (Å²) >= 11 is 0.878. The number of rotatable bonds is 4. The minimum atomic E-state index is -1.10. The number of hydrogen-bond donors (Lipinski definition) is 1. The molecule has 0 unspecified atom stereocenters. The third kappa shape index (κ3) is 2.85. The fraction of sp³-hybridized carbons (Fsp3) is 0.200. The van der Waals surface area contributed by atoms with Crippen molar-refractivity contribution in [1.29, 1.82) is 0 Å². The first-order valence-electron chi connectivity index (χ1n) is 6.95. The topological polar surface area (TPSA) is 103 Å². The number of carboxylic acid groups (broad SMARTS) is 1. The second kappa shape index (κ2) is 6.00. The number of fused-ring (bicyclic) bond motifs is 1. The predicted molar refractivity (Wildman–Crippen MR) is 88.7 cm³/mol. The van der Waals surface area contributed by atoms with E-state index in [1.807, 2.05) is 0 Å². The molecule has 0 aliphatic heterocycles. The Hall–Kier alpha value is -2.81. The lowest BCUT2D eigenvalue weighted by molar-refractivity contribution is -0.131. The Morgan fingerprint density at radius 2 is 1.96 bits per heavy atom. The maximum Gasteiger partial charge on any atom is 0.342 e. The maximum absolute atomic E-state index is 12.0. The highest BCUT2D eigenvalue weighted by molar-refractivity contribution is 8.03. The molecule has 2 heterocycles. The van der Waals surface area contributed by atoms with Crippen molar-refractivity contribution in [3.05, 3.63) is 45.0 Å². The number of thioether (sulfide) groups is 1. The Bertz CT molecular complexity index is 1030. The van der Waals surface area contributed by atoms with Gasteiger partial charge < -0.3 is 9.52 Å². The van der Waals surface area contributed by atoms with Gasteiger partial charge in [-0.15, -0.1) is 10.2 Å². The van der Waals surface area contributed by atoms with Crippen LogP contribution >= 0.6 is 11.8 Å². The molecular formula is C15H14N4O4S. The largest absolute Gasteiger partial charge is 0.477 e. The molecule has 0 fully saturated rings. The average molecular weight is 346 g/mol. The number of carbonyl (C=O) groups is 1. The van der Waals surface area contributed by atoms with E-state index in [1.165, 1.54) is 15.2 Å². The molecule has 3 aromatic rings. The molecule has 0 bridgehead atoms. The van der Waals surface area contributed by atoms with Crippen molar-refractivity contribution in [2.45, 2.75) is 12.1 Å². The number of aliphatic carboxylic acids is 1. The first-order valence-corrected chi connectivity index (χ1v) is 7.77. The Labute approximate surface area is 140 Å². The molecule has 0 spiro atoms. The van der Waals surface area contributed by atoms with Crippen molar-refractivity contribution in [2.75, 3.05) is 0 Å². The summed E-state index contributed by atoms with van der Waals surface area (Å²) in [5, 5.41) is 17.0. The first kappa shape index (κ1) is 16.1. The molecule has 0 atom stereocenters. The average Bonchev–Trinajstić information content (AvgIpc) is 3.04. The highest BCUT2D eigenvalue weighted by atomic mass is 32.2. The van der Waals surface area contributed by atoms with Crippen LogP contribution < -0.4 is 5.69 Å². The second-order valence-corrected chi connectivity index (χ2v) is 6.14. The summed E-state index contributed by atoms with van der Waals surface area (Å²) < 4.78 is 8.25. The molecule has 1 N–H and O–H groups in total. The maximum atomic E-state index is 12.0. The fourth-order valence-electron chi connectivity index (χ4n) is 2.31. The van der Waals surface area contributed by atoms with Crippen molar-refractivity contribution in [3.8, 4) is 0 Å². The molecule has 2 aromatic heterocycles. The van der Waals surface area contributed by atoms with Gasteiger partial charge in [0.1, 0.15) is 4.91 Å². The third-order valence-corrected chi connectivity index (χ3v) is 4.36. The SMILES string of the molecule is Cc1nnc(S/C(=C\c2ccc3c(c2)n(C)c(=O)n3C)C(=O)O)o1. The lowest BCUT2D eigenvalue weighted by Gasteiger charge is -2.01. The smallest absolute Gasteiger partial charge is 0.342 e. The quantitative estimate of drug-likeness (QED) is 0.567. The zero-order chi connectivity index (χ0) is 17.4. The van der Waals surface area contributed by atoms with Gasteiger partial charge in [0.15, 0.2) is 0 Å². The molecular weight excluding hydrogens is 332 g/mol. The van der Waals surface area contributed by atoms with Crippen LogP contribution in [0.3, 0.4) is 0 Å². The van der Waals surface area contributed by atoms with Gasteiger partial charge in [0, 0.05) is 21.0 Å². The molecule has 0 radical (unpaired) electrons. The first-order chi connectivity index (χ1) is 11.4. The summed E-state index contributed by atoms with van der Waals surface area (Å²) in [6.45, 7) is 1.63. The van der Waals surface area contributed by atoms with Crippen LogP contribution in [0.2, 0.25) is 0 Å². The zero-order valence-electron chi connectivity index (χ0n) is 13.2. The van der Waals surface area contributed by atoms with Gasteiger partial charge in [-0.05, 0) is 35.5 Å². The third-order valence-electron chi connectivity index (χ3n) is 3.51. The van der Waals surface area contributed by atoms with Gasteiger partial charge in [0.05, 0.1) is 11.0 Å². The van der Waals surface area contributed by atoms with Crippen LogP contribution in [0.4, 0.5) is 0 Å². The summed E-state index contributed by atoms with van der Waals surface area (Å²) in [6, 6.07) is 5.30. The normalized spacial score (nSPS) is 12.0. The predicted octanol–water partition coefficient (Wildman–Crippen LogP) is 1.79. The van der Waals surface area contributed by atoms with Crippen LogP contribution in [0.25, 0.3) is 17.1 Å². The van der Waals surface area contributed by atoms with Gasteiger partial charge in [-0.25, -0.2) is 9.59 Å². The Morgan fingerprint density at radius 1 is 1.25 bits per heavy atom. The molecule has 124 valence electrons. The van der Waals surface area contributed by atoms with Crippen LogP contribution in [-0.4, -0.2) is 30.4 Å². The Kier molecular flexibility index (Phi) is 4.02. The van der Waals surface area contributed by atoms with E-state index < -0.39 is 5.97 Å². The van der Waals surface area contributed by atoms with Gasteiger partial charge in [0.2, 0.25) is 5.89 Å². The van der Waals surface area contributed by atoms with Crippen molar-refractivity contribution in [2.24, 2.45) is 14.1 Å². The lowest BCUT2D eigenvalue weighted by Crippen LogP contribution is -2.19. The molecule has 0 saturated carbocycles. The van der Waals surface area contributed by atoms with Gasteiger partial charge in [0.25, 0.3) is 5.22 Å². The van der Waals surface area contributed by atoms with Crippen LogP contribution in [0, 0.1) is 6.92 Å². The van der Waals surface area contributed by atoms with Gasteiger partial charge in [-0.3, -0.25) is 9.13 Å². The number of imidazole rings is 1. The number of hydrogen-bond acceptors (Lipinski definition) is 6. The van der Waals surface area contributed by atoms with Crippen molar-refractivity contribution in [3.63, 3.8) is 0 Å². The Morgan fingerprint density at radius 3 is 2.58 bits per heavy atom. The summed E-state index contributed by atoms with van der Waals surface area (Å²) in [5.41, 5.74) is 2.02. The summed E-state index contributed by atoms with van der Waals surface area (Å²) in [5.74, 6) is -0.735. The monoisotopic (exact) mass is 346 g/mol. The second-order valence-electron chi connectivity index (χ2n) is 5.15. The molecule has 9 heteroatoms. The minimum Gasteiger partial charge on any atom is -0.477 e. The minimum absolute atomic E-state index is 0.0407. The highest BCUT2D eigenvalue weighted by Crippen LogP contribution is 2.28. The zero-order valence-corrected chi connectivity index (χ0v) is 14.0. The molecule has 0 aliphatic carbocycles. The summed E-state index contributed by atoms with van der Waals surface area (Å²) in [4.78, 5) is 23.5. The molecule has 0 aliphatic rings. The van der Waals surface area contributed by atoms with Crippen LogP contribution in [0.15, 0.2) is 37.5 Å². The van der Waals surface area contributed by atoms with E-state index in [4.69, 9.17) is 4.42 Å². The van der Waals surface area contributed by atoms with Crippen molar-refractivity contribution < 1.29 is 14.3 Å². The molecule has 0 amide bonds. The van der Waals surface area contributed by atoms with Crippen LogP contribution in [0.5, 0.6) is 0 Å². The van der Waals surface area contributed by atoms with Crippen molar-refractivity contribution in [1.82, 2.24) is 19.3 Å². The van der Waals surface area contributed by atoms with Crippen LogP contribution in [-0.2, 0) is 18.9 Å². The van der Waals surface area contributed by atoms with E-state index in [-0.39, 0.29) is 15.8 Å². The van der Waals surface area contributed by atoms with E-state index in [0.29, 0.717) is 11.5 Å². The van der Waals surface area contributed by atoms with Crippen molar-refractivity contribution >= 4 is 34.8 Å². The molecule has 3 rings (SSSR count). The Balaban J connectivity index is 2.03. The lowest BCUT2D eigenvalue weighted by atomic mass is 10.2. The number of benzene rings is 1. The molecule has 0 saturated heterocycles. The molecule has 8 nitrogen and oxygen atoms in total. The van der Waals surface area contributed by atoms with E-state index in [9.17, 15) is 14.7 Å². The molecule has 1 aromatic carbocycles. The van der Waals surface area contributed by atoms with Gasteiger partial charge >= 0.3 is 11.7 Å². The van der Waals surface area contributed by atoms with Crippen LogP contribution in [0.1, 0.15) is 11.5 Å². The summed E-state index contributed by atoms with van der Waals surface area (Å²) in [6.07, 6.45) is 1.50. The van der Waals surface area contributed by atoms with E-state index >= 15 is 0 Å². The number of aryl methyl sites for hydroxylation is 3. The number of nitrogens with zero attached hydrogens (tertiary/aromatic N) is 4. The standard InChI is InChI=1S/C15H14N4O4S/c1-8-16-17-14(23-8)24-12(13(20)21)7-9-4-5-10-11(6-9)19(3)15(22)18(10)2/h4-7H,1-3H3,(H,20,21)/b12-7-. The summed E-state index contributed by atoms with van der Waals surface area (Å²) in [7, 11) is 3.36. The van der Waals surface area contributed by atoms with Gasteiger partial charge in [-0.2, -0.15) is 0 Å².